The van der Waals surface area contributed by atoms with Crippen molar-refractivity contribution in [1.29, 1.82) is 0 Å². The highest BCUT2D eigenvalue weighted by Crippen LogP contribution is 2.41. The summed E-state index contributed by atoms with van der Waals surface area (Å²) in [7, 11) is 3.38. The molecule has 5 nitrogen and oxygen atoms in total. The molecular weight excluding hydrogens is 280 g/mol. The van der Waals surface area contributed by atoms with Crippen molar-refractivity contribution in [3.8, 4) is 11.5 Å². The van der Waals surface area contributed by atoms with Crippen LogP contribution in [0.2, 0.25) is 0 Å². The largest absolute Gasteiger partial charge is 0.447 e. The standard InChI is InChI=1S/C17H18N2O3/c1-11-4-6-12(7-5-11)16-21-14-9-8-13(10-15(14)22-16)18-17(20)19(2)3/h4-10,16H,1-3H3,(H,18,20). The van der Waals surface area contributed by atoms with Crippen molar-refractivity contribution in [1.82, 2.24) is 4.90 Å². The Morgan fingerprint density at radius 2 is 1.73 bits per heavy atom. The van der Waals surface area contributed by atoms with Crippen LogP contribution in [0.1, 0.15) is 17.4 Å². The molecule has 0 bridgehead atoms. The molecule has 5 heteroatoms. The second-order valence-corrected chi connectivity index (χ2v) is 5.46. The summed E-state index contributed by atoms with van der Waals surface area (Å²) in [6.45, 7) is 2.04. The lowest BCUT2D eigenvalue weighted by molar-refractivity contribution is 0.0487. The maximum atomic E-state index is 11.7. The van der Waals surface area contributed by atoms with E-state index in [1.54, 1.807) is 32.3 Å². The van der Waals surface area contributed by atoms with Crippen molar-refractivity contribution in [2.45, 2.75) is 13.2 Å². The van der Waals surface area contributed by atoms with Gasteiger partial charge in [-0.05, 0) is 19.1 Å². The predicted molar refractivity (Wildman–Crippen MR) is 84.3 cm³/mol. The number of hydrogen-bond acceptors (Lipinski definition) is 3. The maximum Gasteiger partial charge on any atom is 0.321 e. The first-order valence-corrected chi connectivity index (χ1v) is 7.05. The van der Waals surface area contributed by atoms with Gasteiger partial charge in [0.2, 0.25) is 0 Å². The minimum atomic E-state index is -0.449. The molecule has 2 amide bonds. The Kier molecular flexibility index (Phi) is 3.63. The highest BCUT2D eigenvalue weighted by atomic mass is 16.7. The zero-order chi connectivity index (χ0) is 15.7. The lowest BCUT2D eigenvalue weighted by atomic mass is 10.1. The molecule has 1 heterocycles. The molecule has 1 unspecified atom stereocenters. The van der Waals surface area contributed by atoms with Crippen molar-refractivity contribution in [3.05, 3.63) is 53.6 Å². The molecule has 1 N–H and O–H groups in total. The van der Waals surface area contributed by atoms with Gasteiger partial charge in [0, 0.05) is 31.4 Å². The summed E-state index contributed by atoms with van der Waals surface area (Å²) >= 11 is 0. The summed E-state index contributed by atoms with van der Waals surface area (Å²) in [5.74, 6) is 1.30. The van der Waals surface area contributed by atoms with Crippen LogP contribution in [-0.4, -0.2) is 25.0 Å². The van der Waals surface area contributed by atoms with Gasteiger partial charge >= 0.3 is 6.03 Å². The number of nitrogens with one attached hydrogen (secondary N) is 1. The fourth-order valence-corrected chi connectivity index (χ4v) is 2.12. The van der Waals surface area contributed by atoms with Gasteiger partial charge in [0.25, 0.3) is 6.29 Å². The molecule has 2 aromatic rings. The molecule has 0 radical (unpaired) electrons. The van der Waals surface area contributed by atoms with Crippen LogP contribution in [-0.2, 0) is 0 Å². The molecule has 3 rings (SSSR count). The summed E-state index contributed by atoms with van der Waals surface area (Å²) < 4.78 is 11.6. The Morgan fingerprint density at radius 1 is 1.05 bits per heavy atom. The molecule has 0 saturated heterocycles. The van der Waals surface area contributed by atoms with Crippen molar-refractivity contribution in [2.75, 3.05) is 19.4 Å². The second kappa shape index (κ2) is 5.60. The molecule has 1 atom stereocenters. The molecule has 0 fully saturated rings. The van der Waals surface area contributed by atoms with Gasteiger partial charge in [-0.15, -0.1) is 0 Å². The summed E-state index contributed by atoms with van der Waals surface area (Å²) in [6.07, 6.45) is -0.449. The van der Waals surface area contributed by atoms with Crippen LogP contribution in [0.3, 0.4) is 0 Å². The van der Waals surface area contributed by atoms with Gasteiger partial charge in [-0.25, -0.2) is 4.79 Å². The zero-order valence-corrected chi connectivity index (χ0v) is 12.8. The Bertz CT molecular complexity index is 696. The number of urea groups is 1. The van der Waals surface area contributed by atoms with Gasteiger partial charge in [-0.1, -0.05) is 29.8 Å². The number of nitrogens with zero attached hydrogens (tertiary/aromatic N) is 1. The third kappa shape index (κ3) is 2.83. The highest BCUT2D eigenvalue weighted by Gasteiger charge is 2.26. The molecule has 1 aliphatic rings. The maximum absolute atomic E-state index is 11.7. The van der Waals surface area contributed by atoms with Gasteiger partial charge in [-0.3, -0.25) is 0 Å². The number of hydrogen-bond donors (Lipinski definition) is 1. The summed E-state index contributed by atoms with van der Waals surface area (Å²) in [6, 6.07) is 13.2. The first-order valence-electron chi connectivity index (χ1n) is 7.05. The molecular formula is C17H18N2O3. The van der Waals surface area contributed by atoms with Crippen molar-refractivity contribution in [3.63, 3.8) is 0 Å². The number of anilines is 1. The van der Waals surface area contributed by atoms with E-state index in [0.717, 1.165) is 5.56 Å². The number of rotatable bonds is 2. The van der Waals surface area contributed by atoms with Crippen molar-refractivity contribution < 1.29 is 14.3 Å². The smallest absolute Gasteiger partial charge is 0.321 e. The van der Waals surface area contributed by atoms with Gasteiger partial charge in [-0.2, -0.15) is 0 Å². The Morgan fingerprint density at radius 3 is 2.41 bits per heavy atom. The summed E-state index contributed by atoms with van der Waals surface area (Å²) in [5.41, 5.74) is 2.82. The monoisotopic (exact) mass is 298 g/mol. The third-order valence-electron chi connectivity index (χ3n) is 3.42. The van der Waals surface area contributed by atoms with Crippen molar-refractivity contribution >= 4 is 11.7 Å². The SMILES string of the molecule is Cc1ccc(C2Oc3ccc(NC(=O)N(C)C)cc3O2)cc1. The fourth-order valence-electron chi connectivity index (χ4n) is 2.12. The van der Waals surface area contributed by atoms with Crippen LogP contribution in [0.25, 0.3) is 0 Å². The minimum absolute atomic E-state index is 0.186. The van der Waals surface area contributed by atoms with E-state index in [-0.39, 0.29) is 6.03 Å². The van der Waals surface area contributed by atoms with Crippen LogP contribution in [0.4, 0.5) is 10.5 Å². The van der Waals surface area contributed by atoms with Crippen LogP contribution in [0.5, 0.6) is 11.5 Å². The Balaban J connectivity index is 1.76. The second-order valence-electron chi connectivity index (χ2n) is 5.46. The third-order valence-corrected chi connectivity index (χ3v) is 3.42. The average Bonchev–Trinajstić information content (AvgIpc) is 2.91. The highest BCUT2D eigenvalue weighted by molar-refractivity contribution is 5.89. The van der Waals surface area contributed by atoms with Gasteiger partial charge in [0.1, 0.15) is 0 Å². The van der Waals surface area contributed by atoms with E-state index in [1.165, 1.54) is 10.5 Å². The summed E-state index contributed by atoms with van der Waals surface area (Å²) in [4.78, 5) is 13.1. The van der Waals surface area contributed by atoms with E-state index in [0.29, 0.717) is 17.2 Å². The number of carbonyl (C=O) groups is 1. The van der Waals surface area contributed by atoms with Crippen molar-refractivity contribution in [2.24, 2.45) is 0 Å². The predicted octanol–water partition coefficient (Wildman–Crippen LogP) is 3.56. The number of aryl methyl sites for hydroxylation is 1. The molecule has 0 aliphatic carbocycles. The normalized spacial score (nSPS) is 15.5. The molecule has 0 aromatic heterocycles. The zero-order valence-electron chi connectivity index (χ0n) is 12.8. The van der Waals surface area contributed by atoms with E-state index < -0.39 is 6.29 Å². The first-order chi connectivity index (χ1) is 10.5. The van der Waals surface area contributed by atoms with Crippen LogP contribution >= 0.6 is 0 Å². The quantitative estimate of drug-likeness (QED) is 0.922. The first kappa shape index (κ1) is 14.3. The van der Waals surface area contributed by atoms with Crippen LogP contribution in [0.15, 0.2) is 42.5 Å². The van der Waals surface area contributed by atoms with E-state index >= 15 is 0 Å². The topological polar surface area (TPSA) is 50.8 Å². The lowest BCUT2D eigenvalue weighted by Gasteiger charge is -2.12. The number of benzene rings is 2. The Hall–Kier alpha value is -2.69. The number of carbonyl (C=O) groups excluding carboxylic acids is 1. The number of fused-ring (bicyclic) bond motifs is 1. The fraction of sp³-hybridized carbons (Fsp3) is 0.235. The van der Waals surface area contributed by atoms with Gasteiger partial charge < -0.3 is 19.7 Å². The van der Waals surface area contributed by atoms with E-state index in [9.17, 15) is 4.79 Å². The lowest BCUT2D eigenvalue weighted by Crippen LogP contribution is -2.27. The van der Waals surface area contributed by atoms with E-state index in [4.69, 9.17) is 9.47 Å². The van der Waals surface area contributed by atoms with Crippen LogP contribution < -0.4 is 14.8 Å². The Labute approximate surface area is 129 Å². The molecule has 0 spiro atoms. The molecule has 0 saturated carbocycles. The molecule has 1 aliphatic heterocycles. The average molecular weight is 298 g/mol. The van der Waals surface area contributed by atoms with Crippen LogP contribution in [0, 0.1) is 6.92 Å². The number of ether oxygens (including phenoxy) is 2. The molecule has 114 valence electrons. The van der Waals surface area contributed by atoms with E-state index in [1.807, 2.05) is 31.2 Å². The minimum Gasteiger partial charge on any atom is -0.447 e. The molecule has 22 heavy (non-hydrogen) atoms. The van der Waals surface area contributed by atoms with E-state index in [2.05, 4.69) is 5.32 Å². The van der Waals surface area contributed by atoms with Gasteiger partial charge in [0.15, 0.2) is 11.5 Å². The summed E-state index contributed by atoms with van der Waals surface area (Å²) in [5, 5.41) is 2.78. The molecule has 2 aromatic carbocycles. The van der Waals surface area contributed by atoms with Gasteiger partial charge in [0.05, 0.1) is 0 Å². The number of amides is 2.